The molecule has 0 amide bonds. The van der Waals surface area contributed by atoms with Crippen LogP contribution in [0.4, 0.5) is 0 Å². The maximum atomic E-state index is 11.1. The summed E-state index contributed by atoms with van der Waals surface area (Å²) in [4.78, 5) is 14.7. The Kier molecular flexibility index (Phi) is 11.2. The lowest BCUT2D eigenvalue weighted by Gasteiger charge is -2.57. The summed E-state index contributed by atoms with van der Waals surface area (Å²) >= 11 is 0. The molecule has 3 aromatic rings. The molecular weight excluding hydrogens is 568 g/mol. The molecular formula is C38H48O5S. The van der Waals surface area contributed by atoms with Gasteiger partial charge in [0.1, 0.15) is 16.6 Å². The molecule has 0 saturated heterocycles. The third kappa shape index (κ3) is 7.56. The second kappa shape index (κ2) is 15.2. The van der Waals surface area contributed by atoms with E-state index in [1.807, 2.05) is 12.1 Å². The fourth-order valence-electron chi connectivity index (χ4n) is 7.54. The summed E-state index contributed by atoms with van der Waals surface area (Å²) in [5.41, 5.74) is -0.394. The van der Waals surface area contributed by atoms with Crippen molar-refractivity contribution in [3.05, 3.63) is 72.8 Å². The van der Waals surface area contributed by atoms with E-state index >= 15 is 0 Å². The monoisotopic (exact) mass is 616 g/mol. The highest BCUT2D eigenvalue weighted by molar-refractivity contribution is 7.97. The van der Waals surface area contributed by atoms with Crippen molar-refractivity contribution in [3.63, 3.8) is 0 Å². The summed E-state index contributed by atoms with van der Waals surface area (Å²) < 4.78 is 18.6. The lowest BCUT2D eigenvalue weighted by Crippen LogP contribution is -2.54. The number of carboxylic acids is 1. The molecule has 4 aliphatic carbocycles. The van der Waals surface area contributed by atoms with Crippen LogP contribution in [0.5, 0.6) is 17.2 Å². The van der Waals surface area contributed by atoms with Crippen molar-refractivity contribution in [1.29, 1.82) is 0 Å². The van der Waals surface area contributed by atoms with Gasteiger partial charge in [-0.3, -0.25) is 0 Å². The molecule has 0 radical (unpaired) electrons. The lowest BCUT2D eigenvalue weighted by atomic mass is 9.49. The number of hydrogen-bond acceptors (Lipinski definition) is 5. The van der Waals surface area contributed by atoms with Gasteiger partial charge >= 0.3 is 0 Å². The number of ether oxygens (including phenoxy) is 3. The summed E-state index contributed by atoms with van der Waals surface area (Å²) in [7, 11) is -0.364. The predicted octanol–water partition coefficient (Wildman–Crippen LogP) is 8.10. The Morgan fingerprint density at radius 3 is 1.50 bits per heavy atom. The Labute approximate surface area is 266 Å². The van der Waals surface area contributed by atoms with E-state index in [-0.39, 0.29) is 10.9 Å². The Hall–Kier alpha value is -3.12. The van der Waals surface area contributed by atoms with Crippen LogP contribution >= 0.6 is 0 Å². The second-order valence-corrected chi connectivity index (χ2v) is 14.7. The molecule has 4 saturated carbocycles. The molecule has 4 aliphatic rings. The number of carbonyl (C=O) groups is 1. The molecule has 3 aromatic carbocycles. The van der Waals surface area contributed by atoms with Gasteiger partial charge in [-0.05, 0) is 99.8 Å². The molecule has 236 valence electrons. The van der Waals surface area contributed by atoms with Gasteiger partial charge in [-0.1, -0.05) is 57.2 Å². The van der Waals surface area contributed by atoms with Crippen molar-refractivity contribution in [2.45, 2.75) is 93.2 Å². The molecule has 5 nitrogen and oxygen atoms in total. The molecule has 6 heteroatoms. The third-order valence-electron chi connectivity index (χ3n) is 9.02. The minimum Gasteiger partial charge on any atom is -0.550 e. The smallest absolute Gasteiger partial charge is 0.250 e. The van der Waals surface area contributed by atoms with Gasteiger partial charge in [0.25, 0.3) is 0 Å². The Morgan fingerprint density at radius 2 is 1.11 bits per heavy atom. The number of carboxylic acid groups (broad SMARTS) is 1. The Morgan fingerprint density at radius 1 is 0.705 bits per heavy atom. The average Bonchev–Trinajstić information content (AvgIpc) is 3.03. The van der Waals surface area contributed by atoms with Gasteiger partial charge in [-0.2, -0.15) is 0 Å². The van der Waals surface area contributed by atoms with E-state index in [1.54, 1.807) is 0 Å². The van der Waals surface area contributed by atoms with Crippen molar-refractivity contribution < 1.29 is 24.1 Å². The zero-order valence-corrected chi connectivity index (χ0v) is 27.4. The number of aliphatic carboxylic acids is 1. The van der Waals surface area contributed by atoms with E-state index < -0.39 is 11.4 Å². The zero-order valence-electron chi connectivity index (χ0n) is 26.6. The second-order valence-electron chi connectivity index (χ2n) is 12.7. The summed E-state index contributed by atoms with van der Waals surface area (Å²) in [5, 5.41) is 11.1. The topological polar surface area (TPSA) is 67.8 Å². The highest BCUT2D eigenvalue weighted by Crippen LogP contribution is 2.59. The molecule has 0 spiro atoms. The normalized spacial score (nSPS) is 23.1. The third-order valence-corrected chi connectivity index (χ3v) is 11.3. The quantitative estimate of drug-likeness (QED) is 0.182. The van der Waals surface area contributed by atoms with Gasteiger partial charge < -0.3 is 24.1 Å². The SMILES string of the molecule is CCCOc1cc(OCCC)c([S+](c2ccccc2)c2ccccc2)c(OCCC)c1.O=C([O-])C12CC3CC(CC(C3)C1)C2. The van der Waals surface area contributed by atoms with Crippen LogP contribution in [-0.2, 0) is 15.7 Å². The van der Waals surface area contributed by atoms with Crippen LogP contribution in [0.3, 0.4) is 0 Å². The molecule has 0 heterocycles. The summed E-state index contributed by atoms with van der Waals surface area (Å²) in [6, 6.07) is 25.3. The summed E-state index contributed by atoms with van der Waals surface area (Å²) in [6.45, 7) is 8.33. The van der Waals surface area contributed by atoms with Gasteiger partial charge in [-0.15, -0.1) is 0 Å². The first-order valence-corrected chi connectivity index (χ1v) is 17.8. The summed E-state index contributed by atoms with van der Waals surface area (Å²) in [5.74, 6) is 3.87. The first kappa shape index (κ1) is 32.3. The van der Waals surface area contributed by atoms with Crippen molar-refractivity contribution in [2.24, 2.45) is 23.2 Å². The highest BCUT2D eigenvalue weighted by atomic mass is 32.2. The van der Waals surface area contributed by atoms with Crippen molar-refractivity contribution in [2.75, 3.05) is 19.8 Å². The minimum atomic E-state index is -0.758. The molecule has 7 rings (SSSR count). The van der Waals surface area contributed by atoms with Crippen LogP contribution in [0.25, 0.3) is 0 Å². The molecule has 0 unspecified atom stereocenters. The standard InChI is InChI=1S/C27H33O3S.C11H16O2/c1-4-17-28-22-20-25(29-18-5-2)27(26(21-22)30-19-6-3)31(23-13-9-7-10-14-23)24-15-11-8-12-16-24;12-10(13)11-4-7-1-8(5-11)3-9(2-7)6-11/h7-16,20-21H,4-6,17-19H2,1-3H3;7-9H,1-6H2,(H,12,13)/q+1;/p-1. The maximum absolute atomic E-state index is 11.1. The zero-order chi connectivity index (χ0) is 30.9. The number of rotatable bonds is 13. The molecule has 4 fully saturated rings. The first-order chi connectivity index (χ1) is 21.5. The molecule has 0 aliphatic heterocycles. The van der Waals surface area contributed by atoms with Gasteiger partial charge in [-0.25, -0.2) is 0 Å². The van der Waals surface area contributed by atoms with Crippen LogP contribution in [-0.4, -0.2) is 25.8 Å². The van der Waals surface area contributed by atoms with Gasteiger partial charge in [0.05, 0.1) is 19.8 Å². The fraction of sp³-hybridized carbons (Fsp3) is 0.500. The number of carbonyl (C=O) groups excluding carboxylic acids is 1. The highest BCUT2D eigenvalue weighted by Gasteiger charge is 2.51. The van der Waals surface area contributed by atoms with E-state index in [4.69, 9.17) is 14.2 Å². The van der Waals surface area contributed by atoms with Crippen LogP contribution in [0.15, 0.2) is 87.5 Å². The molecule has 0 aromatic heterocycles. The lowest BCUT2D eigenvalue weighted by molar-refractivity contribution is -0.327. The maximum Gasteiger partial charge on any atom is 0.250 e. The first-order valence-electron chi connectivity index (χ1n) is 16.6. The van der Waals surface area contributed by atoms with Crippen LogP contribution in [0, 0.1) is 23.2 Å². The van der Waals surface area contributed by atoms with Gasteiger partial charge in [0.2, 0.25) is 4.90 Å². The summed E-state index contributed by atoms with van der Waals surface area (Å²) in [6.07, 6.45) is 9.48. The fourth-order valence-corrected chi connectivity index (χ4v) is 9.78. The molecule has 0 N–H and O–H groups in total. The molecule has 44 heavy (non-hydrogen) atoms. The van der Waals surface area contributed by atoms with Gasteiger partial charge in [0.15, 0.2) is 21.3 Å². The van der Waals surface area contributed by atoms with Crippen molar-refractivity contribution in [3.8, 4) is 17.2 Å². The number of hydrogen-bond donors (Lipinski definition) is 0. The predicted molar refractivity (Wildman–Crippen MR) is 174 cm³/mol. The average molecular weight is 617 g/mol. The van der Waals surface area contributed by atoms with Crippen LogP contribution in [0.2, 0.25) is 0 Å². The van der Waals surface area contributed by atoms with Crippen molar-refractivity contribution in [1.82, 2.24) is 0 Å². The van der Waals surface area contributed by atoms with E-state index in [0.717, 1.165) is 60.7 Å². The van der Waals surface area contributed by atoms with Gasteiger partial charge in [0, 0.05) is 23.5 Å². The van der Waals surface area contributed by atoms with E-state index in [1.165, 1.54) is 29.1 Å². The largest absolute Gasteiger partial charge is 0.550 e. The van der Waals surface area contributed by atoms with Crippen molar-refractivity contribution >= 4 is 16.9 Å². The Bertz CT molecular complexity index is 1240. The minimum absolute atomic E-state index is 0.364. The van der Waals surface area contributed by atoms with E-state index in [9.17, 15) is 9.90 Å². The molecule has 4 bridgehead atoms. The van der Waals surface area contributed by atoms with Crippen LogP contribution in [0.1, 0.15) is 78.6 Å². The molecule has 0 atom stereocenters. The van der Waals surface area contributed by atoms with Crippen LogP contribution < -0.4 is 19.3 Å². The van der Waals surface area contributed by atoms with E-state index in [2.05, 4.69) is 81.4 Å². The number of benzene rings is 3. The van der Waals surface area contributed by atoms with E-state index in [0.29, 0.717) is 37.6 Å². The Balaban J connectivity index is 0.000000242.